The van der Waals surface area contributed by atoms with Crippen LogP contribution in [0.2, 0.25) is 0 Å². The number of carbonyl (C=O) groups is 3. The van der Waals surface area contributed by atoms with E-state index in [0.717, 1.165) is 5.56 Å². The quantitative estimate of drug-likeness (QED) is 0.522. The van der Waals surface area contributed by atoms with E-state index in [1.807, 2.05) is 30.3 Å². The average Bonchev–Trinajstić information content (AvgIpc) is 2.49. The molecule has 1 aromatic rings. The van der Waals surface area contributed by atoms with Gasteiger partial charge in [-0.3, -0.25) is 9.59 Å². The summed E-state index contributed by atoms with van der Waals surface area (Å²) in [4.78, 5) is 33.4. The van der Waals surface area contributed by atoms with Gasteiger partial charge in [0.25, 0.3) is 0 Å². The average molecular weight is 308 g/mol. The normalized spacial score (nSPS) is 13.1. The van der Waals surface area contributed by atoms with E-state index < -0.39 is 29.9 Å². The Balaban J connectivity index is 2.45. The number of amides is 1. The van der Waals surface area contributed by atoms with E-state index in [-0.39, 0.29) is 19.3 Å². The molecule has 1 rings (SSSR count). The molecule has 0 aromatic heterocycles. The van der Waals surface area contributed by atoms with Crippen LogP contribution in [0.25, 0.3) is 0 Å². The molecule has 0 radical (unpaired) electrons. The predicted molar refractivity (Wildman–Crippen MR) is 79.2 cm³/mol. The van der Waals surface area contributed by atoms with Crippen molar-refractivity contribution in [1.29, 1.82) is 0 Å². The Hall–Kier alpha value is -2.41. The van der Waals surface area contributed by atoms with Crippen molar-refractivity contribution < 1.29 is 24.6 Å². The van der Waals surface area contributed by atoms with Crippen LogP contribution in [0.3, 0.4) is 0 Å². The zero-order valence-corrected chi connectivity index (χ0v) is 12.1. The van der Waals surface area contributed by atoms with Crippen LogP contribution in [0.15, 0.2) is 30.3 Å². The number of nitrogens with two attached hydrogens (primary N) is 1. The molecule has 0 heterocycles. The fourth-order valence-electron chi connectivity index (χ4n) is 1.89. The standard InChI is InChI=1S/C15H20N2O5/c16-11(14(19)20)7-9-13(18)17-12(15(21)22)8-6-10-4-2-1-3-5-10/h1-5,11-12H,6-9,16H2,(H,17,18)(H,19,20)(H,21,22)/t11-,12-/m0/s1. The first-order valence-electron chi connectivity index (χ1n) is 6.94. The molecule has 2 atom stereocenters. The van der Waals surface area contributed by atoms with Crippen molar-refractivity contribution in [3.05, 3.63) is 35.9 Å². The van der Waals surface area contributed by atoms with E-state index in [2.05, 4.69) is 5.32 Å². The fraction of sp³-hybridized carbons (Fsp3) is 0.400. The van der Waals surface area contributed by atoms with Crippen LogP contribution in [0, 0.1) is 0 Å². The van der Waals surface area contributed by atoms with Crippen LogP contribution in [0.5, 0.6) is 0 Å². The summed E-state index contributed by atoms with van der Waals surface area (Å²) in [5.74, 6) is -2.82. The van der Waals surface area contributed by atoms with Crippen molar-refractivity contribution >= 4 is 17.8 Å². The van der Waals surface area contributed by atoms with Crippen LogP contribution in [-0.2, 0) is 20.8 Å². The summed E-state index contributed by atoms with van der Waals surface area (Å²) in [6.45, 7) is 0. The molecule has 0 spiro atoms. The van der Waals surface area contributed by atoms with E-state index >= 15 is 0 Å². The van der Waals surface area contributed by atoms with Crippen molar-refractivity contribution in [2.24, 2.45) is 5.73 Å². The smallest absolute Gasteiger partial charge is 0.326 e. The molecule has 0 bridgehead atoms. The Labute approximate surface area is 128 Å². The van der Waals surface area contributed by atoms with Crippen LogP contribution >= 0.6 is 0 Å². The lowest BCUT2D eigenvalue weighted by Crippen LogP contribution is -2.42. The van der Waals surface area contributed by atoms with Crippen molar-refractivity contribution in [2.75, 3.05) is 0 Å². The van der Waals surface area contributed by atoms with Gasteiger partial charge in [0, 0.05) is 6.42 Å². The Kier molecular flexibility index (Phi) is 7.04. The van der Waals surface area contributed by atoms with Gasteiger partial charge in [0.2, 0.25) is 5.91 Å². The Morgan fingerprint density at radius 3 is 2.23 bits per heavy atom. The number of hydrogen-bond donors (Lipinski definition) is 4. The van der Waals surface area contributed by atoms with E-state index in [1.165, 1.54) is 0 Å². The summed E-state index contributed by atoms with van der Waals surface area (Å²) in [5, 5.41) is 20.2. The summed E-state index contributed by atoms with van der Waals surface area (Å²) >= 11 is 0. The number of benzene rings is 1. The molecule has 0 saturated heterocycles. The Morgan fingerprint density at radius 2 is 1.68 bits per heavy atom. The van der Waals surface area contributed by atoms with Crippen molar-refractivity contribution in [2.45, 2.75) is 37.8 Å². The molecule has 0 aliphatic rings. The van der Waals surface area contributed by atoms with Gasteiger partial charge in [0.1, 0.15) is 12.1 Å². The van der Waals surface area contributed by atoms with Gasteiger partial charge in [-0.25, -0.2) is 4.79 Å². The van der Waals surface area contributed by atoms with Gasteiger partial charge >= 0.3 is 11.9 Å². The van der Waals surface area contributed by atoms with Gasteiger partial charge in [0.15, 0.2) is 0 Å². The van der Waals surface area contributed by atoms with Crippen molar-refractivity contribution in [1.82, 2.24) is 5.32 Å². The lowest BCUT2D eigenvalue weighted by atomic mass is 10.0. The largest absolute Gasteiger partial charge is 0.480 e. The summed E-state index contributed by atoms with van der Waals surface area (Å²) in [6, 6.07) is 7.21. The van der Waals surface area contributed by atoms with Gasteiger partial charge in [-0.1, -0.05) is 30.3 Å². The first kappa shape index (κ1) is 17.6. The van der Waals surface area contributed by atoms with Gasteiger partial charge in [-0.2, -0.15) is 0 Å². The summed E-state index contributed by atoms with van der Waals surface area (Å²) < 4.78 is 0. The van der Waals surface area contributed by atoms with Gasteiger partial charge < -0.3 is 21.3 Å². The second-order valence-electron chi connectivity index (χ2n) is 4.97. The molecule has 0 aliphatic heterocycles. The summed E-state index contributed by atoms with van der Waals surface area (Å²) in [6.07, 6.45) is 0.623. The predicted octanol–water partition coefficient (Wildman–Crippen LogP) is 0.381. The zero-order valence-electron chi connectivity index (χ0n) is 12.1. The minimum Gasteiger partial charge on any atom is -0.480 e. The molecular formula is C15H20N2O5. The number of rotatable bonds is 9. The van der Waals surface area contributed by atoms with Gasteiger partial charge in [-0.05, 0) is 24.8 Å². The third kappa shape index (κ3) is 6.36. The van der Waals surface area contributed by atoms with Crippen molar-refractivity contribution in [3.8, 4) is 0 Å². The summed E-state index contributed by atoms with van der Waals surface area (Å²) in [5.41, 5.74) is 6.28. The molecule has 22 heavy (non-hydrogen) atoms. The highest BCUT2D eigenvalue weighted by Crippen LogP contribution is 2.06. The molecule has 0 unspecified atom stereocenters. The van der Waals surface area contributed by atoms with Crippen LogP contribution in [0.1, 0.15) is 24.8 Å². The third-order valence-corrected chi connectivity index (χ3v) is 3.20. The number of aliphatic carboxylic acids is 2. The molecule has 1 aromatic carbocycles. The molecule has 1 amide bonds. The minimum absolute atomic E-state index is 0.0355. The first-order valence-corrected chi connectivity index (χ1v) is 6.94. The molecular weight excluding hydrogens is 288 g/mol. The van der Waals surface area contributed by atoms with Gasteiger partial charge in [-0.15, -0.1) is 0 Å². The molecule has 5 N–H and O–H groups in total. The number of aryl methyl sites for hydroxylation is 1. The van der Waals surface area contributed by atoms with E-state index in [9.17, 15) is 14.4 Å². The maximum Gasteiger partial charge on any atom is 0.326 e. The van der Waals surface area contributed by atoms with Crippen LogP contribution < -0.4 is 11.1 Å². The highest BCUT2D eigenvalue weighted by atomic mass is 16.4. The number of carboxylic acids is 2. The highest BCUT2D eigenvalue weighted by Gasteiger charge is 2.21. The molecule has 7 nitrogen and oxygen atoms in total. The fourth-order valence-corrected chi connectivity index (χ4v) is 1.89. The lowest BCUT2D eigenvalue weighted by molar-refractivity contribution is -0.142. The number of carbonyl (C=O) groups excluding carboxylic acids is 1. The molecule has 0 saturated carbocycles. The lowest BCUT2D eigenvalue weighted by Gasteiger charge is -2.15. The second-order valence-corrected chi connectivity index (χ2v) is 4.97. The van der Waals surface area contributed by atoms with Crippen LogP contribution in [-0.4, -0.2) is 40.1 Å². The Morgan fingerprint density at radius 1 is 1.05 bits per heavy atom. The second kappa shape index (κ2) is 8.78. The maximum absolute atomic E-state index is 11.7. The van der Waals surface area contributed by atoms with Crippen LogP contribution in [0.4, 0.5) is 0 Å². The van der Waals surface area contributed by atoms with Crippen molar-refractivity contribution in [3.63, 3.8) is 0 Å². The number of nitrogens with one attached hydrogen (secondary N) is 1. The third-order valence-electron chi connectivity index (χ3n) is 3.20. The minimum atomic E-state index is -1.19. The monoisotopic (exact) mass is 308 g/mol. The van der Waals surface area contributed by atoms with E-state index in [4.69, 9.17) is 15.9 Å². The molecule has 120 valence electrons. The Bertz CT molecular complexity index is 518. The topological polar surface area (TPSA) is 130 Å². The summed E-state index contributed by atoms with van der Waals surface area (Å²) in [7, 11) is 0. The SMILES string of the molecule is N[C@@H](CCC(=O)N[C@@H](CCc1ccccc1)C(=O)O)C(=O)O. The van der Waals surface area contributed by atoms with Gasteiger partial charge in [0.05, 0.1) is 0 Å². The number of hydrogen-bond acceptors (Lipinski definition) is 4. The van der Waals surface area contributed by atoms with E-state index in [0.29, 0.717) is 6.42 Å². The number of carboxylic acid groups (broad SMARTS) is 2. The van der Waals surface area contributed by atoms with E-state index in [1.54, 1.807) is 0 Å². The molecule has 7 heteroatoms. The highest BCUT2D eigenvalue weighted by molar-refractivity contribution is 5.84. The first-order chi connectivity index (χ1) is 10.4. The molecule has 0 fully saturated rings. The zero-order chi connectivity index (χ0) is 16.5. The molecule has 0 aliphatic carbocycles. The maximum atomic E-state index is 11.7.